The van der Waals surface area contributed by atoms with Gasteiger partial charge in [-0.1, -0.05) is 6.07 Å². The molecule has 1 aromatic heterocycles. The number of rotatable bonds is 9. The summed E-state index contributed by atoms with van der Waals surface area (Å²) >= 11 is 1.72. The summed E-state index contributed by atoms with van der Waals surface area (Å²) in [6, 6.07) is 6.11. The summed E-state index contributed by atoms with van der Waals surface area (Å²) in [5.74, 6) is 2.37. The van der Waals surface area contributed by atoms with Crippen LogP contribution < -0.4 is 20.1 Å². The van der Waals surface area contributed by atoms with Gasteiger partial charge in [0.15, 0.2) is 17.5 Å². The second-order valence-corrected chi connectivity index (χ2v) is 7.41. The van der Waals surface area contributed by atoms with Crippen LogP contribution in [0.2, 0.25) is 0 Å². The van der Waals surface area contributed by atoms with Crippen LogP contribution in [0.3, 0.4) is 0 Å². The van der Waals surface area contributed by atoms with Crippen molar-refractivity contribution in [3.05, 3.63) is 39.3 Å². The predicted molar refractivity (Wildman–Crippen MR) is 112 cm³/mol. The fourth-order valence-corrected chi connectivity index (χ4v) is 3.51. The van der Waals surface area contributed by atoms with Gasteiger partial charge in [0.05, 0.1) is 26.0 Å². The Morgan fingerprint density at radius 2 is 2.04 bits per heavy atom. The first kappa shape index (κ1) is 21.0. The molecule has 2 aromatic rings. The fourth-order valence-electron chi connectivity index (χ4n) is 2.64. The van der Waals surface area contributed by atoms with Crippen LogP contribution in [0.25, 0.3) is 0 Å². The van der Waals surface area contributed by atoms with E-state index in [1.54, 1.807) is 25.5 Å². The first-order chi connectivity index (χ1) is 13.1. The Bertz CT molecular complexity index is 739. The Morgan fingerprint density at radius 1 is 1.22 bits per heavy atom. The molecule has 0 aliphatic carbocycles. The number of ether oxygens (including phenoxy) is 2. The quantitative estimate of drug-likeness (QED) is 0.390. The summed E-state index contributed by atoms with van der Waals surface area (Å²) in [4.78, 5) is 10.1. The van der Waals surface area contributed by atoms with Gasteiger partial charge < -0.3 is 20.1 Å². The van der Waals surface area contributed by atoms with Gasteiger partial charge in [0.25, 0.3) is 0 Å². The van der Waals surface area contributed by atoms with E-state index in [1.165, 1.54) is 10.4 Å². The third-order valence-electron chi connectivity index (χ3n) is 4.17. The molecule has 0 fully saturated rings. The summed E-state index contributed by atoms with van der Waals surface area (Å²) in [6.07, 6.45) is 1.95. The second kappa shape index (κ2) is 10.8. The standard InChI is InChI=1S/C20H30N4O2S/c1-6-26-18-12-16(9-10-17(18)25-5)8-7-11-22-20(21-4)23-13-19-24-14(2)15(3)27-19/h9-10,12H,6-8,11,13H2,1-5H3,(H2,21,22,23). The number of thiazole rings is 1. The van der Waals surface area contributed by atoms with E-state index in [9.17, 15) is 0 Å². The zero-order valence-corrected chi connectivity index (χ0v) is 17.7. The van der Waals surface area contributed by atoms with E-state index in [1.807, 2.05) is 19.9 Å². The molecule has 0 saturated heterocycles. The van der Waals surface area contributed by atoms with E-state index in [2.05, 4.69) is 39.7 Å². The molecule has 7 heteroatoms. The molecule has 0 atom stereocenters. The highest BCUT2D eigenvalue weighted by atomic mass is 32.1. The van der Waals surface area contributed by atoms with Gasteiger partial charge in [-0.05, 0) is 51.3 Å². The molecular formula is C20H30N4O2S. The second-order valence-electron chi connectivity index (χ2n) is 6.12. The lowest BCUT2D eigenvalue weighted by atomic mass is 10.1. The first-order valence-corrected chi connectivity index (χ1v) is 10.1. The van der Waals surface area contributed by atoms with E-state index in [0.717, 1.165) is 47.5 Å². The van der Waals surface area contributed by atoms with E-state index >= 15 is 0 Å². The molecule has 0 saturated carbocycles. The number of aromatic nitrogens is 1. The van der Waals surface area contributed by atoms with E-state index in [4.69, 9.17) is 9.47 Å². The highest BCUT2D eigenvalue weighted by Gasteiger charge is 2.06. The van der Waals surface area contributed by atoms with Crippen LogP contribution in [0.5, 0.6) is 11.5 Å². The van der Waals surface area contributed by atoms with Gasteiger partial charge in [0.2, 0.25) is 0 Å². The lowest BCUT2D eigenvalue weighted by Gasteiger charge is -2.12. The molecule has 27 heavy (non-hydrogen) atoms. The van der Waals surface area contributed by atoms with Crippen molar-refractivity contribution in [2.45, 2.75) is 40.2 Å². The lowest BCUT2D eigenvalue weighted by Crippen LogP contribution is -2.37. The van der Waals surface area contributed by atoms with Gasteiger partial charge in [-0.15, -0.1) is 11.3 Å². The highest BCUT2D eigenvalue weighted by Crippen LogP contribution is 2.28. The summed E-state index contributed by atoms with van der Waals surface area (Å²) in [6.45, 7) is 8.27. The maximum absolute atomic E-state index is 5.64. The number of aliphatic imine (C=N–C) groups is 1. The SMILES string of the molecule is CCOc1cc(CCCNC(=NC)NCc2nc(C)c(C)s2)ccc1OC. The maximum Gasteiger partial charge on any atom is 0.191 e. The van der Waals surface area contributed by atoms with Crippen LogP contribution in [0, 0.1) is 13.8 Å². The molecule has 0 spiro atoms. The number of benzene rings is 1. The van der Waals surface area contributed by atoms with Crippen molar-refractivity contribution < 1.29 is 9.47 Å². The van der Waals surface area contributed by atoms with Crippen LogP contribution in [0.4, 0.5) is 0 Å². The van der Waals surface area contributed by atoms with Crippen molar-refractivity contribution in [1.82, 2.24) is 15.6 Å². The molecule has 0 radical (unpaired) electrons. The molecule has 2 rings (SSSR count). The van der Waals surface area contributed by atoms with Crippen molar-refractivity contribution in [1.29, 1.82) is 0 Å². The highest BCUT2D eigenvalue weighted by molar-refractivity contribution is 7.11. The molecule has 1 aromatic carbocycles. The minimum absolute atomic E-state index is 0.626. The van der Waals surface area contributed by atoms with Crippen LogP contribution in [0.1, 0.15) is 34.5 Å². The molecule has 0 aliphatic heterocycles. The largest absolute Gasteiger partial charge is 0.493 e. The Morgan fingerprint density at radius 3 is 2.67 bits per heavy atom. The zero-order chi connectivity index (χ0) is 19.6. The Hall–Kier alpha value is -2.28. The minimum atomic E-state index is 0.626. The van der Waals surface area contributed by atoms with E-state index in [0.29, 0.717) is 13.2 Å². The van der Waals surface area contributed by atoms with Crippen molar-refractivity contribution >= 4 is 17.3 Å². The number of hydrogen-bond donors (Lipinski definition) is 2. The van der Waals surface area contributed by atoms with E-state index < -0.39 is 0 Å². The summed E-state index contributed by atoms with van der Waals surface area (Å²) in [5.41, 5.74) is 2.34. The minimum Gasteiger partial charge on any atom is -0.493 e. The number of guanidine groups is 1. The molecule has 148 valence electrons. The molecule has 0 aliphatic rings. The predicted octanol–water partition coefficient (Wildman–Crippen LogP) is 3.47. The Kier molecular flexibility index (Phi) is 8.39. The Balaban J connectivity index is 1.76. The van der Waals surface area contributed by atoms with Crippen molar-refractivity contribution in [3.63, 3.8) is 0 Å². The molecule has 1 heterocycles. The first-order valence-electron chi connectivity index (χ1n) is 9.24. The molecule has 2 N–H and O–H groups in total. The fraction of sp³-hybridized carbons (Fsp3) is 0.500. The van der Waals surface area contributed by atoms with Gasteiger partial charge in [-0.3, -0.25) is 4.99 Å². The van der Waals surface area contributed by atoms with Gasteiger partial charge >= 0.3 is 0 Å². The normalized spacial score (nSPS) is 11.4. The molecule has 0 amide bonds. The van der Waals surface area contributed by atoms with Gasteiger partial charge in [-0.2, -0.15) is 0 Å². The lowest BCUT2D eigenvalue weighted by molar-refractivity contribution is 0.310. The van der Waals surface area contributed by atoms with Gasteiger partial charge in [0.1, 0.15) is 5.01 Å². The molecule has 6 nitrogen and oxygen atoms in total. The smallest absolute Gasteiger partial charge is 0.191 e. The summed E-state index contributed by atoms with van der Waals surface area (Å²) < 4.78 is 11.0. The maximum atomic E-state index is 5.64. The third kappa shape index (κ3) is 6.43. The summed E-state index contributed by atoms with van der Waals surface area (Å²) in [5, 5.41) is 7.75. The number of nitrogens with one attached hydrogen (secondary N) is 2. The van der Waals surface area contributed by atoms with Gasteiger partial charge in [-0.25, -0.2) is 4.98 Å². The monoisotopic (exact) mass is 390 g/mol. The van der Waals surface area contributed by atoms with Crippen LogP contribution >= 0.6 is 11.3 Å². The van der Waals surface area contributed by atoms with Crippen molar-refractivity contribution in [2.24, 2.45) is 4.99 Å². The Labute approximate surface area is 166 Å². The average molecular weight is 391 g/mol. The van der Waals surface area contributed by atoms with Crippen LogP contribution in [-0.4, -0.2) is 38.3 Å². The van der Waals surface area contributed by atoms with Crippen LogP contribution in [-0.2, 0) is 13.0 Å². The number of aryl methyl sites for hydroxylation is 3. The van der Waals surface area contributed by atoms with Gasteiger partial charge in [0, 0.05) is 18.5 Å². The van der Waals surface area contributed by atoms with E-state index in [-0.39, 0.29) is 0 Å². The number of hydrogen-bond acceptors (Lipinski definition) is 5. The van der Waals surface area contributed by atoms with Crippen molar-refractivity contribution in [2.75, 3.05) is 27.3 Å². The number of methoxy groups -OCH3 is 1. The summed E-state index contributed by atoms with van der Waals surface area (Å²) in [7, 11) is 3.44. The topological polar surface area (TPSA) is 67.8 Å². The molecule has 0 bridgehead atoms. The molecule has 0 unspecified atom stereocenters. The third-order valence-corrected chi connectivity index (χ3v) is 5.24. The zero-order valence-electron chi connectivity index (χ0n) is 16.9. The van der Waals surface area contributed by atoms with Crippen molar-refractivity contribution in [3.8, 4) is 11.5 Å². The number of nitrogens with zero attached hydrogens (tertiary/aromatic N) is 2. The van der Waals surface area contributed by atoms with Crippen LogP contribution in [0.15, 0.2) is 23.2 Å². The average Bonchev–Trinajstić information content (AvgIpc) is 2.99. The molecular weight excluding hydrogens is 360 g/mol.